The molecule has 128 valence electrons. The van der Waals surface area contributed by atoms with Gasteiger partial charge in [-0.05, 0) is 0 Å². The van der Waals surface area contributed by atoms with Gasteiger partial charge in [-0.1, -0.05) is 0 Å². The third-order valence-electron chi connectivity index (χ3n) is 4.40. The van der Waals surface area contributed by atoms with Gasteiger partial charge in [-0.25, -0.2) is 14.7 Å². The molecule has 1 saturated heterocycles. The summed E-state index contributed by atoms with van der Waals surface area (Å²) < 4.78 is 4.94. The average Bonchev–Trinajstić information content (AvgIpc) is 2.89. The Morgan fingerprint density at radius 2 is 2.22 bits per heavy atom. The molecule has 1 fully saturated rings. The SMILES string of the molecule is NC(=O)OCC1C2N=C(N)NC23N(CC(O)C3(O)O)C(N)=[N+]1[O-]. The van der Waals surface area contributed by atoms with E-state index in [0.717, 1.165) is 4.90 Å². The van der Waals surface area contributed by atoms with Gasteiger partial charge in [0, 0.05) is 0 Å². The summed E-state index contributed by atoms with van der Waals surface area (Å²) in [4.78, 5) is 15.9. The molecule has 23 heavy (non-hydrogen) atoms. The van der Waals surface area contributed by atoms with Gasteiger partial charge in [0.05, 0.1) is 0 Å². The van der Waals surface area contributed by atoms with Crippen LogP contribution in [0.2, 0.25) is 0 Å². The summed E-state index contributed by atoms with van der Waals surface area (Å²) in [7, 11) is 0. The summed E-state index contributed by atoms with van der Waals surface area (Å²) in [6.45, 7) is -0.850. The topological polar surface area (TPSA) is 219 Å². The number of nitrogens with two attached hydrogens (primary N) is 3. The van der Waals surface area contributed by atoms with Crippen LogP contribution in [0, 0.1) is 5.21 Å². The van der Waals surface area contributed by atoms with Crippen LogP contribution in [0.25, 0.3) is 0 Å². The first-order valence-electron chi connectivity index (χ1n) is 6.66. The normalized spacial score (nSPS) is 37.8. The summed E-state index contributed by atoms with van der Waals surface area (Å²) in [6, 6.07) is -2.42. The fourth-order valence-electron chi connectivity index (χ4n) is 3.36. The molecule has 3 aliphatic heterocycles. The molecular weight excluding hydrogens is 314 g/mol. The second-order valence-corrected chi connectivity index (χ2v) is 5.58. The maximum Gasteiger partial charge on any atom is 0.404 e. The van der Waals surface area contributed by atoms with Gasteiger partial charge in [0.2, 0.25) is 5.66 Å². The van der Waals surface area contributed by atoms with Crippen molar-refractivity contribution in [2.24, 2.45) is 22.2 Å². The molecule has 3 rings (SSSR count). The smallest absolute Gasteiger partial charge is 0.404 e. The van der Waals surface area contributed by atoms with Crippen LogP contribution in [0.5, 0.6) is 0 Å². The van der Waals surface area contributed by atoms with Crippen LogP contribution >= 0.6 is 0 Å². The number of rotatable bonds is 2. The lowest BCUT2D eigenvalue weighted by molar-refractivity contribution is -0.529. The maximum absolute atomic E-state index is 12.3. The Balaban J connectivity index is 2.11. The number of hydrogen-bond acceptors (Lipinski definition) is 11. The fraction of sp³-hybridized carbons (Fsp3) is 0.700. The molecule has 0 saturated carbocycles. The van der Waals surface area contributed by atoms with Crippen LogP contribution in [0.1, 0.15) is 0 Å². The summed E-state index contributed by atoms with van der Waals surface area (Å²) in [5.74, 6) is -3.33. The lowest BCUT2D eigenvalue weighted by Crippen LogP contribution is -2.79. The summed E-state index contributed by atoms with van der Waals surface area (Å²) >= 11 is 0. The van der Waals surface area contributed by atoms with Crippen LogP contribution in [-0.2, 0) is 4.74 Å². The number of amides is 1. The number of nitrogens with zero attached hydrogens (tertiary/aromatic N) is 3. The maximum atomic E-state index is 12.3. The van der Waals surface area contributed by atoms with Gasteiger partial charge in [0.15, 0.2) is 12.0 Å². The van der Waals surface area contributed by atoms with Crippen molar-refractivity contribution >= 4 is 18.0 Å². The average molecular weight is 331 g/mol. The van der Waals surface area contributed by atoms with E-state index >= 15 is 0 Å². The van der Waals surface area contributed by atoms with Gasteiger partial charge in [-0.15, -0.1) is 0 Å². The van der Waals surface area contributed by atoms with Gasteiger partial charge in [0.1, 0.15) is 25.3 Å². The second-order valence-electron chi connectivity index (χ2n) is 5.58. The van der Waals surface area contributed by atoms with Crippen LogP contribution in [0.3, 0.4) is 0 Å². The highest BCUT2D eigenvalue weighted by molar-refractivity contribution is 5.85. The van der Waals surface area contributed by atoms with Crippen molar-refractivity contribution in [3.05, 3.63) is 5.21 Å². The Morgan fingerprint density at radius 3 is 2.83 bits per heavy atom. The highest BCUT2D eigenvalue weighted by atomic mass is 16.6. The zero-order valence-electron chi connectivity index (χ0n) is 11.8. The van der Waals surface area contributed by atoms with E-state index in [4.69, 9.17) is 17.2 Å². The lowest BCUT2D eigenvalue weighted by Gasteiger charge is -2.47. The molecule has 3 heterocycles. The number of carbonyl (C=O) groups is 1. The summed E-state index contributed by atoms with van der Waals surface area (Å²) in [5, 5.41) is 45.6. The molecular formula is C10H17N7O6. The zero-order valence-corrected chi connectivity index (χ0v) is 11.8. The highest BCUT2D eigenvalue weighted by Gasteiger charge is 2.77. The Kier molecular flexibility index (Phi) is 3.01. The molecule has 0 aromatic carbocycles. The molecule has 0 aliphatic carbocycles. The second kappa shape index (κ2) is 4.50. The molecule has 4 atom stereocenters. The van der Waals surface area contributed by atoms with Crippen LogP contribution in [0.4, 0.5) is 4.79 Å². The molecule has 13 heteroatoms. The van der Waals surface area contributed by atoms with Crippen molar-refractivity contribution in [2.75, 3.05) is 13.2 Å². The van der Waals surface area contributed by atoms with E-state index in [2.05, 4.69) is 15.0 Å². The van der Waals surface area contributed by atoms with E-state index in [1.807, 2.05) is 0 Å². The number of hydrogen-bond donors (Lipinski definition) is 7. The number of hydroxylamine groups is 1. The Morgan fingerprint density at radius 1 is 1.57 bits per heavy atom. The number of aliphatic imine (C=N–C) groups is 1. The van der Waals surface area contributed by atoms with Crippen molar-refractivity contribution in [1.82, 2.24) is 10.2 Å². The minimum Gasteiger partial charge on any atom is -0.744 e. The quantitative estimate of drug-likeness (QED) is 0.145. The Labute approximate surface area is 129 Å². The third-order valence-corrected chi connectivity index (χ3v) is 4.40. The van der Waals surface area contributed by atoms with Crippen molar-refractivity contribution < 1.29 is 29.6 Å². The summed E-state index contributed by atoms with van der Waals surface area (Å²) in [6.07, 6.45) is -2.77. The van der Waals surface area contributed by atoms with E-state index < -0.39 is 48.3 Å². The Bertz CT molecular complexity index is 621. The lowest BCUT2D eigenvalue weighted by atomic mass is 9.86. The van der Waals surface area contributed by atoms with Gasteiger partial charge in [-0.2, -0.15) is 0 Å². The summed E-state index contributed by atoms with van der Waals surface area (Å²) in [5.41, 5.74) is 14.4. The van der Waals surface area contributed by atoms with Gasteiger partial charge < -0.3 is 42.0 Å². The minimum absolute atomic E-state index is 0.186. The van der Waals surface area contributed by atoms with Gasteiger partial charge in [0.25, 0.3) is 5.79 Å². The monoisotopic (exact) mass is 331 g/mol. The van der Waals surface area contributed by atoms with E-state index in [1.165, 1.54) is 0 Å². The number of primary amides is 1. The molecule has 1 spiro atoms. The molecule has 3 aliphatic rings. The van der Waals surface area contributed by atoms with E-state index in [1.54, 1.807) is 0 Å². The van der Waals surface area contributed by atoms with Crippen LogP contribution < -0.4 is 22.5 Å². The number of aliphatic hydroxyl groups excluding tert-OH is 1. The number of nitrogens with one attached hydrogen (secondary N) is 1. The highest BCUT2D eigenvalue weighted by Crippen LogP contribution is 2.44. The van der Waals surface area contributed by atoms with E-state index in [0.29, 0.717) is 4.74 Å². The first kappa shape index (κ1) is 15.4. The predicted molar refractivity (Wildman–Crippen MR) is 73.3 cm³/mol. The van der Waals surface area contributed by atoms with Crippen LogP contribution in [-0.4, -0.2) is 85.8 Å². The van der Waals surface area contributed by atoms with Crippen molar-refractivity contribution in [1.29, 1.82) is 0 Å². The molecule has 4 unspecified atom stereocenters. The van der Waals surface area contributed by atoms with E-state index in [9.17, 15) is 25.3 Å². The molecule has 0 aromatic rings. The van der Waals surface area contributed by atoms with Gasteiger partial charge in [-0.3, -0.25) is 10.5 Å². The third kappa shape index (κ3) is 1.74. The van der Waals surface area contributed by atoms with Crippen molar-refractivity contribution in [2.45, 2.75) is 29.6 Å². The number of ether oxygens (including phenoxy) is 1. The largest absolute Gasteiger partial charge is 0.744 e. The van der Waals surface area contributed by atoms with Crippen molar-refractivity contribution in [3.8, 4) is 0 Å². The molecule has 0 bridgehead atoms. The number of carbonyl (C=O) groups excluding carboxylic acids is 1. The molecule has 1 amide bonds. The molecule has 13 nitrogen and oxygen atoms in total. The van der Waals surface area contributed by atoms with E-state index in [-0.39, 0.29) is 12.5 Å². The fourth-order valence-corrected chi connectivity index (χ4v) is 3.36. The molecule has 0 radical (unpaired) electrons. The Hall–Kier alpha value is -2.51. The minimum atomic E-state index is -2.72. The van der Waals surface area contributed by atoms with Gasteiger partial charge >= 0.3 is 12.1 Å². The van der Waals surface area contributed by atoms with Crippen molar-refractivity contribution in [3.63, 3.8) is 0 Å². The first-order valence-corrected chi connectivity index (χ1v) is 6.66. The molecule has 10 N–H and O–H groups in total. The number of aliphatic hydroxyl groups is 3. The standard InChI is InChI=1S/C10H17N7O6/c11-6-14-5-3(2-23-8(13)19)17(22)7(12)16-1-4(18)10(20,21)9(5,16)15-6/h3-5,18,20-21H,1-2,12H2,(H2,13,19)(H3,11,14,15). The van der Waals surface area contributed by atoms with Crippen LogP contribution in [0.15, 0.2) is 4.99 Å². The zero-order chi connectivity index (χ0) is 17.2. The predicted octanol–water partition coefficient (Wildman–Crippen LogP) is -5.37. The molecule has 0 aromatic heterocycles. The number of guanidine groups is 2. The first-order chi connectivity index (χ1) is 10.6.